The van der Waals surface area contributed by atoms with Gasteiger partial charge >= 0.3 is 5.97 Å². The monoisotopic (exact) mass is 202 g/mol. The molecule has 1 aromatic heterocycles. The van der Waals surface area contributed by atoms with Crippen molar-refractivity contribution >= 4 is 18.4 Å². The number of imidazole rings is 1. The molecule has 0 aromatic carbocycles. The molecular formula is C8H11ClN2O2. The van der Waals surface area contributed by atoms with E-state index in [0.717, 1.165) is 0 Å². The molecule has 1 aromatic rings. The van der Waals surface area contributed by atoms with E-state index in [-0.39, 0.29) is 18.8 Å². The van der Waals surface area contributed by atoms with Crippen LogP contribution in [0.3, 0.4) is 0 Å². The fourth-order valence-electron chi connectivity index (χ4n) is 1.20. The van der Waals surface area contributed by atoms with Gasteiger partial charge in [0.25, 0.3) is 0 Å². The second-order valence-corrected chi connectivity index (χ2v) is 3.11. The molecule has 0 atom stereocenters. The first-order valence-electron chi connectivity index (χ1n) is 4.00. The van der Waals surface area contributed by atoms with Crippen LogP contribution in [0.15, 0.2) is 12.5 Å². The predicted molar refractivity (Wildman–Crippen MR) is 49.1 cm³/mol. The number of carboxylic acids is 1. The van der Waals surface area contributed by atoms with Gasteiger partial charge in [0, 0.05) is 12.2 Å². The van der Waals surface area contributed by atoms with E-state index in [1.54, 1.807) is 6.33 Å². The van der Waals surface area contributed by atoms with Crippen LogP contribution in [-0.2, 0) is 11.2 Å². The molecule has 0 unspecified atom stereocenters. The fourth-order valence-corrected chi connectivity index (χ4v) is 1.20. The summed E-state index contributed by atoms with van der Waals surface area (Å²) in [6, 6.07) is 0.583. The van der Waals surface area contributed by atoms with E-state index >= 15 is 0 Å². The molecule has 0 saturated heterocycles. The Labute approximate surface area is 82.0 Å². The molecule has 72 valence electrons. The molecule has 1 saturated carbocycles. The maximum Gasteiger partial charge on any atom is 0.309 e. The van der Waals surface area contributed by atoms with Crippen LogP contribution in [0.1, 0.15) is 24.6 Å². The summed E-state index contributed by atoms with van der Waals surface area (Å²) in [4.78, 5) is 14.3. The Hall–Kier alpha value is -1.03. The highest BCUT2D eigenvalue weighted by molar-refractivity contribution is 5.85. The molecule has 1 fully saturated rings. The molecule has 0 spiro atoms. The molecule has 1 heterocycles. The highest BCUT2D eigenvalue weighted by Gasteiger charge is 2.23. The molecule has 0 amide bonds. The summed E-state index contributed by atoms with van der Waals surface area (Å²) in [6.07, 6.45) is 5.97. The Kier molecular flexibility index (Phi) is 2.93. The first-order chi connectivity index (χ1) is 5.75. The van der Waals surface area contributed by atoms with Crippen molar-refractivity contribution in [1.82, 2.24) is 9.55 Å². The number of carboxylic acid groups (broad SMARTS) is 1. The second-order valence-electron chi connectivity index (χ2n) is 3.11. The maximum atomic E-state index is 10.3. The van der Waals surface area contributed by atoms with Crippen molar-refractivity contribution in [1.29, 1.82) is 0 Å². The molecule has 0 radical (unpaired) electrons. The van der Waals surface area contributed by atoms with Gasteiger partial charge in [0.15, 0.2) is 0 Å². The summed E-state index contributed by atoms with van der Waals surface area (Å²) in [6.45, 7) is 0. The lowest BCUT2D eigenvalue weighted by Crippen LogP contribution is -1.99. The van der Waals surface area contributed by atoms with Gasteiger partial charge in [-0.25, -0.2) is 4.98 Å². The van der Waals surface area contributed by atoms with Gasteiger partial charge in [0.2, 0.25) is 0 Å². The van der Waals surface area contributed by atoms with Crippen LogP contribution in [0.4, 0.5) is 0 Å². The average Bonchev–Trinajstić information content (AvgIpc) is 2.73. The minimum atomic E-state index is -0.823. The van der Waals surface area contributed by atoms with Crippen LogP contribution in [0, 0.1) is 0 Å². The van der Waals surface area contributed by atoms with Gasteiger partial charge in [-0.1, -0.05) is 0 Å². The third-order valence-corrected chi connectivity index (χ3v) is 1.96. The quantitative estimate of drug-likeness (QED) is 0.803. The van der Waals surface area contributed by atoms with Crippen LogP contribution >= 0.6 is 12.4 Å². The normalized spacial score (nSPS) is 15.1. The predicted octanol–water partition coefficient (Wildman–Crippen LogP) is 1.27. The van der Waals surface area contributed by atoms with Crippen molar-refractivity contribution in [2.45, 2.75) is 25.3 Å². The number of carbonyl (C=O) groups is 1. The molecule has 1 N–H and O–H groups in total. The van der Waals surface area contributed by atoms with Crippen LogP contribution in [0.25, 0.3) is 0 Å². The number of nitrogens with zero attached hydrogens (tertiary/aromatic N) is 2. The van der Waals surface area contributed by atoms with Gasteiger partial charge in [-0.15, -0.1) is 12.4 Å². The van der Waals surface area contributed by atoms with Gasteiger partial charge in [0.1, 0.15) is 0 Å². The number of hydrogen-bond acceptors (Lipinski definition) is 2. The van der Waals surface area contributed by atoms with Gasteiger partial charge in [0.05, 0.1) is 18.4 Å². The Morgan fingerprint density at radius 1 is 1.69 bits per heavy atom. The van der Waals surface area contributed by atoms with Crippen molar-refractivity contribution in [3.63, 3.8) is 0 Å². The van der Waals surface area contributed by atoms with Gasteiger partial charge < -0.3 is 9.67 Å². The summed E-state index contributed by atoms with van der Waals surface area (Å²) in [5.41, 5.74) is 0.648. The van der Waals surface area contributed by atoms with Crippen LogP contribution in [-0.4, -0.2) is 20.6 Å². The first kappa shape index (κ1) is 10.1. The third kappa shape index (κ3) is 2.45. The van der Waals surface area contributed by atoms with Crippen molar-refractivity contribution in [2.24, 2.45) is 0 Å². The van der Waals surface area contributed by atoms with E-state index in [2.05, 4.69) is 4.98 Å². The van der Waals surface area contributed by atoms with E-state index in [1.165, 1.54) is 12.8 Å². The molecule has 5 heteroatoms. The zero-order valence-corrected chi connectivity index (χ0v) is 7.83. The smallest absolute Gasteiger partial charge is 0.309 e. The molecular weight excluding hydrogens is 192 g/mol. The van der Waals surface area contributed by atoms with Crippen LogP contribution in [0.2, 0.25) is 0 Å². The molecule has 1 aliphatic rings. The van der Waals surface area contributed by atoms with Crippen molar-refractivity contribution in [3.05, 3.63) is 18.2 Å². The van der Waals surface area contributed by atoms with E-state index in [9.17, 15) is 4.79 Å². The lowest BCUT2D eigenvalue weighted by Gasteiger charge is -1.93. The summed E-state index contributed by atoms with van der Waals surface area (Å²) < 4.78 is 2.00. The number of aromatic nitrogens is 2. The third-order valence-electron chi connectivity index (χ3n) is 1.96. The minimum absolute atomic E-state index is 0. The zero-order valence-electron chi connectivity index (χ0n) is 7.01. The van der Waals surface area contributed by atoms with E-state index in [4.69, 9.17) is 5.11 Å². The highest BCUT2D eigenvalue weighted by Crippen LogP contribution is 2.34. The average molecular weight is 203 g/mol. The van der Waals surface area contributed by atoms with E-state index in [0.29, 0.717) is 11.7 Å². The van der Waals surface area contributed by atoms with Crippen LogP contribution < -0.4 is 0 Å². The molecule has 0 aliphatic heterocycles. The number of hydrogen-bond donors (Lipinski definition) is 1. The molecule has 4 nitrogen and oxygen atoms in total. The Morgan fingerprint density at radius 3 is 2.92 bits per heavy atom. The summed E-state index contributed by atoms with van der Waals surface area (Å²) in [7, 11) is 0. The standard InChI is InChI=1S/C8H10N2O2.ClH/c11-8(12)3-6-4-10(5-9-6)7-1-2-7;/h4-5,7H,1-3H2,(H,11,12);1H. The molecule has 1 aliphatic carbocycles. The lowest BCUT2D eigenvalue weighted by molar-refractivity contribution is -0.136. The number of rotatable bonds is 3. The minimum Gasteiger partial charge on any atom is -0.481 e. The Balaban J connectivity index is 0.000000845. The van der Waals surface area contributed by atoms with Gasteiger partial charge in [-0.3, -0.25) is 4.79 Å². The Bertz CT molecular complexity index is 307. The summed E-state index contributed by atoms with van der Waals surface area (Å²) >= 11 is 0. The number of aliphatic carboxylic acids is 1. The summed E-state index contributed by atoms with van der Waals surface area (Å²) in [5, 5.41) is 8.48. The largest absolute Gasteiger partial charge is 0.481 e. The summed E-state index contributed by atoms with van der Waals surface area (Å²) in [5.74, 6) is -0.823. The van der Waals surface area contributed by atoms with Crippen molar-refractivity contribution in [3.8, 4) is 0 Å². The lowest BCUT2D eigenvalue weighted by atomic mass is 10.3. The molecule has 2 rings (SSSR count). The SMILES string of the molecule is Cl.O=C(O)Cc1cn(C2CC2)cn1. The topological polar surface area (TPSA) is 55.1 Å². The van der Waals surface area contributed by atoms with Crippen molar-refractivity contribution in [2.75, 3.05) is 0 Å². The van der Waals surface area contributed by atoms with Gasteiger partial charge in [-0.05, 0) is 12.8 Å². The molecule has 0 bridgehead atoms. The van der Waals surface area contributed by atoms with E-state index < -0.39 is 5.97 Å². The van der Waals surface area contributed by atoms with Gasteiger partial charge in [-0.2, -0.15) is 0 Å². The maximum absolute atomic E-state index is 10.3. The second kappa shape index (κ2) is 3.79. The Morgan fingerprint density at radius 2 is 2.38 bits per heavy atom. The molecule has 13 heavy (non-hydrogen) atoms. The zero-order chi connectivity index (χ0) is 8.55. The fraction of sp³-hybridized carbons (Fsp3) is 0.500. The van der Waals surface area contributed by atoms with E-state index in [1.807, 2.05) is 10.8 Å². The number of halogens is 1. The van der Waals surface area contributed by atoms with Crippen LogP contribution in [0.5, 0.6) is 0 Å². The highest BCUT2D eigenvalue weighted by atomic mass is 35.5. The first-order valence-corrected chi connectivity index (χ1v) is 4.00. The van der Waals surface area contributed by atoms with Crippen molar-refractivity contribution < 1.29 is 9.90 Å².